The summed E-state index contributed by atoms with van der Waals surface area (Å²) in [5, 5.41) is 0.376. The van der Waals surface area contributed by atoms with E-state index in [1.807, 2.05) is 4.90 Å². The SMILES string of the molecule is CCC1CCCCN1C(=O)c1cccc(Cl)n1. The van der Waals surface area contributed by atoms with E-state index < -0.39 is 0 Å². The van der Waals surface area contributed by atoms with E-state index in [0.717, 1.165) is 25.8 Å². The van der Waals surface area contributed by atoms with Crippen LogP contribution in [0.3, 0.4) is 0 Å². The second-order valence-electron chi connectivity index (χ2n) is 4.40. The molecule has 0 bridgehead atoms. The predicted octanol–water partition coefficient (Wildman–Crippen LogP) is 3.14. The molecule has 1 aromatic heterocycles. The number of aromatic nitrogens is 1. The van der Waals surface area contributed by atoms with Gasteiger partial charge >= 0.3 is 0 Å². The lowest BCUT2D eigenvalue weighted by molar-refractivity contribution is 0.0602. The van der Waals surface area contributed by atoms with Gasteiger partial charge in [0.15, 0.2) is 0 Å². The maximum atomic E-state index is 12.3. The minimum Gasteiger partial charge on any atom is -0.334 e. The van der Waals surface area contributed by atoms with E-state index in [-0.39, 0.29) is 5.91 Å². The molecule has 1 amide bonds. The molecule has 2 rings (SSSR count). The number of rotatable bonds is 2. The minimum atomic E-state index is 0.0130. The normalized spacial score (nSPS) is 20.4. The molecular formula is C13H17ClN2O. The summed E-state index contributed by atoms with van der Waals surface area (Å²) in [6.45, 7) is 2.97. The van der Waals surface area contributed by atoms with Gasteiger partial charge in [-0.25, -0.2) is 4.98 Å². The molecule has 1 aliphatic rings. The van der Waals surface area contributed by atoms with Crippen LogP contribution in [0.25, 0.3) is 0 Å². The third-order valence-corrected chi connectivity index (χ3v) is 3.50. The van der Waals surface area contributed by atoms with Crippen molar-refractivity contribution in [2.75, 3.05) is 6.54 Å². The molecule has 1 saturated heterocycles. The predicted molar refractivity (Wildman–Crippen MR) is 68.2 cm³/mol. The minimum absolute atomic E-state index is 0.0130. The molecule has 17 heavy (non-hydrogen) atoms. The summed E-state index contributed by atoms with van der Waals surface area (Å²) in [7, 11) is 0. The van der Waals surface area contributed by atoms with Crippen molar-refractivity contribution < 1.29 is 4.79 Å². The summed E-state index contributed by atoms with van der Waals surface area (Å²) in [4.78, 5) is 18.4. The third kappa shape index (κ3) is 2.78. The quantitative estimate of drug-likeness (QED) is 0.758. The van der Waals surface area contributed by atoms with Crippen molar-refractivity contribution in [3.8, 4) is 0 Å². The van der Waals surface area contributed by atoms with Crippen LogP contribution in [0.2, 0.25) is 5.15 Å². The molecule has 92 valence electrons. The largest absolute Gasteiger partial charge is 0.334 e. The van der Waals surface area contributed by atoms with Gasteiger partial charge < -0.3 is 4.90 Å². The molecule has 1 unspecified atom stereocenters. The van der Waals surface area contributed by atoms with Gasteiger partial charge in [-0.3, -0.25) is 4.79 Å². The Balaban J connectivity index is 2.18. The number of carbonyl (C=O) groups excluding carboxylic acids is 1. The van der Waals surface area contributed by atoms with Crippen molar-refractivity contribution in [2.45, 2.75) is 38.6 Å². The van der Waals surface area contributed by atoms with E-state index in [1.54, 1.807) is 18.2 Å². The molecule has 0 saturated carbocycles. The number of halogens is 1. The first-order valence-electron chi connectivity index (χ1n) is 6.16. The van der Waals surface area contributed by atoms with Crippen molar-refractivity contribution in [3.63, 3.8) is 0 Å². The van der Waals surface area contributed by atoms with Gasteiger partial charge in [0.25, 0.3) is 5.91 Å². The summed E-state index contributed by atoms with van der Waals surface area (Å²) >= 11 is 5.82. The van der Waals surface area contributed by atoms with Crippen molar-refractivity contribution in [1.82, 2.24) is 9.88 Å². The second kappa shape index (κ2) is 5.50. The number of hydrogen-bond donors (Lipinski definition) is 0. The van der Waals surface area contributed by atoms with Gasteiger partial charge in [-0.05, 0) is 37.8 Å². The van der Waals surface area contributed by atoms with Crippen molar-refractivity contribution in [1.29, 1.82) is 0 Å². The first-order valence-corrected chi connectivity index (χ1v) is 6.53. The Bertz CT molecular complexity index is 408. The number of piperidine rings is 1. The summed E-state index contributed by atoms with van der Waals surface area (Å²) < 4.78 is 0. The van der Waals surface area contributed by atoms with E-state index in [9.17, 15) is 4.79 Å². The number of pyridine rings is 1. The van der Waals surface area contributed by atoms with Crippen molar-refractivity contribution >= 4 is 17.5 Å². The van der Waals surface area contributed by atoms with Gasteiger partial charge in [-0.15, -0.1) is 0 Å². The van der Waals surface area contributed by atoms with Crippen LogP contribution >= 0.6 is 11.6 Å². The zero-order valence-electron chi connectivity index (χ0n) is 10.0. The highest BCUT2D eigenvalue weighted by Crippen LogP contribution is 2.21. The molecule has 4 heteroatoms. The van der Waals surface area contributed by atoms with Gasteiger partial charge in [0.1, 0.15) is 10.8 Å². The van der Waals surface area contributed by atoms with E-state index in [4.69, 9.17) is 11.6 Å². The average Bonchev–Trinajstić information content (AvgIpc) is 2.38. The number of amides is 1. The first-order chi connectivity index (χ1) is 8.22. The Morgan fingerprint density at radius 2 is 2.35 bits per heavy atom. The van der Waals surface area contributed by atoms with Crippen LogP contribution in [0.5, 0.6) is 0 Å². The lowest BCUT2D eigenvalue weighted by Crippen LogP contribution is -2.43. The molecule has 0 spiro atoms. The zero-order chi connectivity index (χ0) is 12.3. The lowest BCUT2D eigenvalue weighted by atomic mass is 9.99. The molecule has 0 aliphatic carbocycles. The maximum Gasteiger partial charge on any atom is 0.272 e. The van der Waals surface area contributed by atoms with Crippen LogP contribution in [-0.2, 0) is 0 Å². The number of nitrogens with zero attached hydrogens (tertiary/aromatic N) is 2. The van der Waals surface area contributed by atoms with Crippen molar-refractivity contribution in [3.05, 3.63) is 29.0 Å². The van der Waals surface area contributed by atoms with Gasteiger partial charge in [-0.2, -0.15) is 0 Å². The highest BCUT2D eigenvalue weighted by molar-refractivity contribution is 6.29. The monoisotopic (exact) mass is 252 g/mol. The molecule has 2 heterocycles. The molecule has 0 N–H and O–H groups in total. The summed E-state index contributed by atoms with van der Waals surface area (Å²) in [5.74, 6) is 0.0130. The number of hydrogen-bond acceptors (Lipinski definition) is 2. The zero-order valence-corrected chi connectivity index (χ0v) is 10.8. The lowest BCUT2D eigenvalue weighted by Gasteiger charge is -2.35. The fraction of sp³-hybridized carbons (Fsp3) is 0.538. The summed E-state index contributed by atoms with van der Waals surface area (Å²) in [6, 6.07) is 5.55. The summed E-state index contributed by atoms with van der Waals surface area (Å²) in [6.07, 6.45) is 4.41. The molecular weight excluding hydrogens is 236 g/mol. The van der Waals surface area contributed by atoms with Crippen LogP contribution in [-0.4, -0.2) is 28.4 Å². The maximum absolute atomic E-state index is 12.3. The van der Waals surface area contributed by atoms with Crippen LogP contribution in [0.15, 0.2) is 18.2 Å². The Kier molecular flexibility index (Phi) is 4.00. The smallest absolute Gasteiger partial charge is 0.272 e. The molecule has 0 aromatic carbocycles. The fourth-order valence-electron chi connectivity index (χ4n) is 2.37. The van der Waals surface area contributed by atoms with Crippen LogP contribution in [0, 0.1) is 0 Å². The Labute approximate surface area is 107 Å². The van der Waals surface area contributed by atoms with Crippen LogP contribution < -0.4 is 0 Å². The van der Waals surface area contributed by atoms with Gasteiger partial charge in [0.05, 0.1) is 0 Å². The summed E-state index contributed by atoms with van der Waals surface area (Å²) in [5.41, 5.74) is 0.456. The molecule has 1 aliphatic heterocycles. The van der Waals surface area contributed by atoms with E-state index in [0.29, 0.717) is 16.9 Å². The van der Waals surface area contributed by atoms with E-state index >= 15 is 0 Å². The molecule has 1 aromatic rings. The van der Waals surface area contributed by atoms with Crippen molar-refractivity contribution in [2.24, 2.45) is 0 Å². The topological polar surface area (TPSA) is 33.2 Å². The first kappa shape index (κ1) is 12.4. The second-order valence-corrected chi connectivity index (χ2v) is 4.79. The Morgan fingerprint density at radius 3 is 3.06 bits per heavy atom. The molecule has 1 fully saturated rings. The van der Waals surface area contributed by atoms with E-state index in [1.165, 1.54) is 6.42 Å². The van der Waals surface area contributed by atoms with Gasteiger partial charge in [0, 0.05) is 12.6 Å². The van der Waals surface area contributed by atoms with Gasteiger partial charge in [-0.1, -0.05) is 24.6 Å². The van der Waals surface area contributed by atoms with Crippen LogP contribution in [0.4, 0.5) is 0 Å². The fourth-order valence-corrected chi connectivity index (χ4v) is 2.53. The molecule has 0 radical (unpaired) electrons. The Hall–Kier alpha value is -1.09. The molecule has 1 atom stereocenters. The van der Waals surface area contributed by atoms with Crippen LogP contribution in [0.1, 0.15) is 43.1 Å². The van der Waals surface area contributed by atoms with E-state index in [2.05, 4.69) is 11.9 Å². The Morgan fingerprint density at radius 1 is 1.53 bits per heavy atom. The standard InChI is InChI=1S/C13H17ClN2O/c1-2-10-6-3-4-9-16(10)13(17)11-7-5-8-12(14)15-11/h5,7-8,10H,2-4,6,9H2,1H3. The number of likely N-dealkylation sites (tertiary alicyclic amines) is 1. The number of carbonyl (C=O) groups is 1. The highest BCUT2D eigenvalue weighted by Gasteiger charge is 2.26. The van der Waals surface area contributed by atoms with Gasteiger partial charge in [0.2, 0.25) is 0 Å². The third-order valence-electron chi connectivity index (χ3n) is 3.29. The molecule has 3 nitrogen and oxygen atoms in total. The average molecular weight is 253 g/mol. The highest BCUT2D eigenvalue weighted by atomic mass is 35.5.